The molecule has 0 bridgehead atoms. The van der Waals surface area contributed by atoms with Crippen LogP contribution in [0.15, 0.2) is 46.4 Å². The van der Waals surface area contributed by atoms with Crippen LogP contribution in [0.4, 0.5) is 10.8 Å². The molecule has 142 valence electrons. The largest absolute Gasteiger partial charge is 0.459 e. The maximum atomic E-state index is 12.1. The quantitative estimate of drug-likeness (QED) is 0.593. The van der Waals surface area contributed by atoms with E-state index in [4.69, 9.17) is 4.42 Å². The Bertz CT molecular complexity index is 1040. The van der Waals surface area contributed by atoms with Gasteiger partial charge in [-0.15, -0.1) is 11.3 Å². The van der Waals surface area contributed by atoms with E-state index in [0.717, 1.165) is 22.5 Å². The summed E-state index contributed by atoms with van der Waals surface area (Å²) >= 11 is 1.32. The second kappa shape index (κ2) is 7.65. The fourth-order valence-corrected chi connectivity index (χ4v) is 3.55. The van der Waals surface area contributed by atoms with Crippen molar-refractivity contribution >= 4 is 39.9 Å². The van der Waals surface area contributed by atoms with Crippen LogP contribution >= 0.6 is 11.3 Å². The van der Waals surface area contributed by atoms with E-state index >= 15 is 0 Å². The van der Waals surface area contributed by atoms with Crippen molar-refractivity contribution in [3.8, 4) is 11.3 Å². The minimum absolute atomic E-state index is 0.0162. The molecule has 3 heterocycles. The molecule has 28 heavy (non-hydrogen) atoms. The standard InChI is InChI=1S/C19H16N4O4S/c24-16(5-6-20-18(26)15-2-1-7-27-15)23-19-22-14(10-28-19)11-3-4-13-12(8-11)9-17(25)21-13/h1-4,7-8,10H,5-6,9H2,(H,20,26)(H,21,25)(H,22,23,24). The zero-order valence-electron chi connectivity index (χ0n) is 14.7. The number of aromatic nitrogens is 1. The Labute approximate surface area is 164 Å². The molecule has 0 saturated carbocycles. The molecule has 0 unspecified atom stereocenters. The molecule has 1 aliphatic heterocycles. The average molecular weight is 396 g/mol. The van der Waals surface area contributed by atoms with Gasteiger partial charge < -0.3 is 20.4 Å². The number of thiazole rings is 1. The first-order valence-electron chi connectivity index (χ1n) is 8.59. The van der Waals surface area contributed by atoms with Crippen molar-refractivity contribution in [2.45, 2.75) is 12.8 Å². The van der Waals surface area contributed by atoms with E-state index < -0.39 is 0 Å². The highest BCUT2D eigenvalue weighted by molar-refractivity contribution is 7.14. The number of hydrogen-bond acceptors (Lipinski definition) is 6. The first-order valence-corrected chi connectivity index (χ1v) is 9.47. The summed E-state index contributed by atoms with van der Waals surface area (Å²) in [4.78, 5) is 39.7. The number of fused-ring (bicyclic) bond motifs is 1. The number of carbonyl (C=O) groups is 3. The molecule has 0 fully saturated rings. The van der Waals surface area contributed by atoms with Gasteiger partial charge in [0.05, 0.1) is 18.4 Å². The van der Waals surface area contributed by atoms with Crippen molar-refractivity contribution in [2.24, 2.45) is 0 Å². The summed E-state index contributed by atoms with van der Waals surface area (Å²) in [5.41, 5.74) is 3.38. The SMILES string of the molecule is O=C(CCNC(=O)c1ccco1)Nc1nc(-c2ccc3c(c2)CC(=O)N3)cs1. The number of carbonyl (C=O) groups excluding carboxylic acids is 3. The van der Waals surface area contributed by atoms with Crippen LogP contribution in [-0.4, -0.2) is 29.3 Å². The van der Waals surface area contributed by atoms with Crippen LogP contribution in [0, 0.1) is 0 Å². The van der Waals surface area contributed by atoms with Crippen molar-refractivity contribution < 1.29 is 18.8 Å². The van der Waals surface area contributed by atoms with Gasteiger partial charge >= 0.3 is 0 Å². The Morgan fingerprint density at radius 3 is 3.00 bits per heavy atom. The van der Waals surface area contributed by atoms with Crippen LogP contribution < -0.4 is 16.0 Å². The van der Waals surface area contributed by atoms with Crippen molar-refractivity contribution in [1.29, 1.82) is 0 Å². The Morgan fingerprint density at radius 1 is 1.29 bits per heavy atom. The highest BCUT2D eigenvalue weighted by Gasteiger charge is 2.18. The van der Waals surface area contributed by atoms with Crippen molar-refractivity contribution in [3.05, 3.63) is 53.3 Å². The summed E-state index contributed by atoms with van der Waals surface area (Å²) in [6, 6.07) is 8.84. The summed E-state index contributed by atoms with van der Waals surface area (Å²) in [6.07, 6.45) is 1.89. The zero-order valence-corrected chi connectivity index (χ0v) is 15.5. The van der Waals surface area contributed by atoms with Crippen LogP contribution in [0.5, 0.6) is 0 Å². The highest BCUT2D eigenvalue weighted by atomic mass is 32.1. The zero-order chi connectivity index (χ0) is 19.5. The van der Waals surface area contributed by atoms with Crippen LogP contribution in [0.2, 0.25) is 0 Å². The predicted molar refractivity (Wildman–Crippen MR) is 104 cm³/mol. The molecule has 3 N–H and O–H groups in total. The van der Waals surface area contributed by atoms with Crippen LogP contribution in [0.1, 0.15) is 22.5 Å². The number of furan rings is 1. The Kier molecular flexibility index (Phi) is 4.90. The molecule has 4 rings (SSSR count). The van der Waals surface area contributed by atoms with Gasteiger partial charge in [-0.25, -0.2) is 4.98 Å². The summed E-state index contributed by atoms with van der Waals surface area (Å²) in [5.74, 6) is -0.419. The van der Waals surface area contributed by atoms with Gasteiger partial charge in [0.2, 0.25) is 11.8 Å². The third-order valence-corrected chi connectivity index (χ3v) is 4.92. The fraction of sp³-hybridized carbons (Fsp3) is 0.158. The number of nitrogens with zero attached hydrogens (tertiary/aromatic N) is 1. The summed E-state index contributed by atoms with van der Waals surface area (Å²) in [7, 11) is 0. The molecular weight excluding hydrogens is 380 g/mol. The van der Waals surface area contributed by atoms with E-state index in [1.807, 2.05) is 23.6 Å². The minimum atomic E-state index is -0.362. The van der Waals surface area contributed by atoms with Gasteiger partial charge in [0.1, 0.15) is 0 Å². The molecule has 1 aliphatic rings. The first-order chi connectivity index (χ1) is 13.6. The van der Waals surface area contributed by atoms with Crippen molar-refractivity contribution in [1.82, 2.24) is 10.3 Å². The van der Waals surface area contributed by atoms with Crippen molar-refractivity contribution in [3.63, 3.8) is 0 Å². The molecular formula is C19H16N4O4S. The molecule has 8 nitrogen and oxygen atoms in total. The normalized spacial score (nSPS) is 12.4. The monoisotopic (exact) mass is 396 g/mol. The van der Waals surface area contributed by atoms with Gasteiger partial charge in [0.15, 0.2) is 10.9 Å². The van der Waals surface area contributed by atoms with Crippen molar-refractivity contribution in [2.75, 3.05) is 17.2 Å². The molecule has 0 saturated heterocycles. The Hall–Kier alpha value is -3.46. The molecule has 0 radical (unpaired) electrons. The number of anilines is 2. The molecule has 0 atom stereocenters. The molecule has 3 amide bonds. The van der Waals surface area contributed by atoms with Gasteiger partial charge in [-0.3, -0.25) is 14.4 Å². The van der Waals surface area contributed by atoms with Crippen LogP contribution in [0.3, 0.4) is 0 Å². The third kappa shape index (κ3) is 3.94. The lowest BCUT2D eigenvalue weighted by Crippen LogP contribution is -2.27. The minimum Gasteiger partial charge on any atom is -0.459 e. The number of amides is 3. The molecule has 9 heteroatoms. The van der Waals surface area contributed by atoms with Crippen LogP contribution in [0.25, 0.3) is 11.3 Å². The number of benzene rings is 1. The smallest absolute Gasteiger partial charge is 0.286 e. The van der Waals surface area contributed by atoms with E-state index in [2.05, 4.69) is 20.9 Å². The molecule has 1 aromatic carbocycles. The Balaban J connectivity index is 1.31. The van der Waals surface area contributed by atoms with Crippen LogP contribution in [-0.2, 0) is 16.0 Å². The summed E-state index contributed by atoms with van der Waals surface area (Å²) < 4.78 is 4.98. The number of rotatable bonds is 6. The molecule has 3 aromatic rings. The maximum absolute atomic E-state index is 12.1. The number of hydrogen-bond donors (Lipinski definition) is 3. The van der Waals surface area contributed by atoms with E-state index in [1.165, 1.54) is 17.6 Å². The van der Waals surface area contributed by atoms with Gasteiger partial charge in [-0.05, 0) is 29.8 Å². The van der Waals surface area contributed by atoms with Gasteiger partial charge in [0.25, 0.3) is 5.91 Å². The van der Waals surface area contributed by atoms with Gasteiger partial charge in [0, 0.05) is 29.6 Å². The molecule has 0 aliphatic carbocycles. The molecule has 2 aromatic heterocycles. The topological polar surface area (TPSA) is 113 Å². The highest BCUT2D eigenvalue weighted by Crippen LogP contribution is 2.30. The molecule has 0 spiro atoms. The second-order valence-electron chi connectivity index (χ2n) is 6.17. The Morgan fingerprint density at radius 2 is 2.18 bits per heavy atom. The number of nitrogens with one attached hydrogen (secondary N) is 3. The lowest BCUT2D eigenvalue weighted by atomic mass is 10.1. The van der Waals surface area contributed by atoms with E-state index in [0.29, 0.717) is 11.6 Å². The second-order valence-corrected chi connectivity index (χ2v) is 7.02. The average Bonchev–Trinajstić information content (AvgIpc) is 3.41. The summed E-state index contributed by atoms with van der Waals surface area (Å²) in [5, 5.41) is 10.5. The maximum Gasteiger partial charge on any atom is 0.286 e. The lowest BCUT2D eigenvalue weighted by Gasteiger charge is -2.04. The predicted octanol–water partition coefficient (Wildman–Crippen LogP) is 2.66. The summed E-state index contributed by atoms with van der Waals surface area (Å²) in [6.45, 7) is 0.190. The van der Waals surface area contributed by atoms with E-state index in [-0.39, 0.29) is 36.4 Å². The lowest BCUT2D eigenvalue weighted by molar-refractivity contribution is -0.116. The van der Waals surface area contributed by atoms with Gasteiger partial charge in [-0.1, -0.05) is 6.07 Å². The third-order valence-electron chi connectivity index (χ3n) is 4.16. The first kappa shape index (κ1) is 17.9. The van der Waals surface area contributed by atoms with E-state index in [9.17, 15) is 14.4 Å². The van der Waals surface area contributed by atoms with Gasteiger partial charge in [-0.2, -0.15) is 0 Å². The fourth-order valence-electron chi connectivity index (χ4n) is 2.82. The van der Waals surface area contributed by atoms with E-state index in [1.54, 1.807) is 12.1 Å².